The van der Waals surface area contributed by atoms with Crippen LogP contribution in [0.1, 0.15) is 30.3 Å². The van der Waals surface area contributed by atoms with Crippen LogP contribution in [0.25, 0.3) is 11.0 Å². The van der Waals surface area contributed by atoms with Crippen LogP contribution in [0.15, 0.2) is 18.2 Å². The number of aromatic nitrogens is 2. The molecule has 17 heavy (non-hydrogen) atoms. The molecule has 1 fully saturated rings. The van der Waals surface area contributed by atoms with Crippen molar-refractivity contribution in [3.05, 3.63) is 29.6 Å². The Balaban J connectivity index is 2.07. The highest BCUT2D eigenvalue weighted by Gasteiger charge is 2.44. The Morgan fingerprint density at radius 2 is 2.12 bits per heavy atom. The van der Waals surface area contributed by atoms with Crippen LogP contribution < -0.4 is 11.5 Å². The summed E-state index contributed by atoms with van der Waals surface area (Å²) in [6.45, 7) is 2.00. The second-order valence-corrected chi connectivity index (χ2v) is 5.18. The van der Waals surface area contributed by atoms with Gasteiger partial charge < -0.3 is 16.0 Å². The fourth-order valence-corrected chi connectivity index (χ4v) is 2.32. The summed E-state index contributed by atoms with van der Waals surface area (Å²) < 4.78 is 2.08. The predicted octanol–water partition coefficient (Wildman–Crippen LogP) is 1.37. The highest BCUT2D eigenvalue weighted by molar-refractivity contribution is 5.77. The molecule has 4 nitrogen and oxygen atoms in total. The summed E-state index contributed by atoms with van der Waals surface area (Å²) in [6.07, 6.45) is 2.04. The van der Waals surface area contributed by atoms with Crippen molar-refractivity contribution in [3.63, 3.8) is 0 Å². The summed E-state index contributed by atoms with van der Waals surface area (Å²) >= 11 is 0. The van der Waals surface area contributed by atoms with Gasteiger partial charge >= 0.3 is 0 Å². The molecule has 3 rings (SSSR count). The van der Waals surface area contributed by atoms with Crippen LogP contribution in [0, 0.1) is 6.92 Å². The zero-order valence-electron chi connectivity index (χ0n) is 10.3. The van der Waals surface area contributed by atoms with Crippen LogP contribution >= 0.6 is 0 Å². The molecule has 0 spiro atoms. The van der Waals surface area contributed by atoms with Gasteiger partial charge in [0.05, 0.1) is 11.0 Å². The number of imidazole rings is 1. The second kappa shape index (κ2) is 3.31. The third-order valence-electron chi connectivity index (χ3n) is 3.93. The summed E-state index contributed by atoms with van der Waals surface area (Å²) in [5.74, 6) is 1.01. The number of nitrogens with two attached hydrogens (primary N) is 2. The van der Waals surface area contributed by atoms with Gasteiger partial charge in [0.15, 0.2) is 0 Å². The molecule has 1 atom stereocenters. The monoisotopic (exact) mass is 230 g/mol. The van der Waals surface area contributed by atoms with Gasteiger partial charge in [-0.15, -0.1) is 0 Å². The Hall–Kier alpha value is -1.39. The van der Waals surface area contributed by atoms with Crippen LogP contribution in [0.5, 0.6) is 0 Å². The smallest absolute Gasteiger partial charge is 0.106 e. The lowest BCUT2D eigenvalue weighted by Gasteiger charge is -2.19. The number of hydrogen-bond donors (Lipinski definition) is 2. The fraction of sp³-hybridized carbons (Fsp3) is 0.462. The van der Waals surface area contributed by atoms with Gasteiger partial charge in [0.25, 0.3) is 0 Å². The molecular weight excluding hydrogens is 212 g/mol. The molecule has 1 aromatic carbocycles. The Bertz CT molecular complexity index is 580. The predicted molar refractivity (Wildman–Crippen MR) is 68.5 cm³/mol. The van der Waals surface area contributed by atoms with E-state index < -0.39 is 0 Å². The topological polar surface area (TPSA) is 69.9 Å². The molecule has 0 radical (unpaired) electrons. The standard InChI is InChI=1S/C13H18N4/c1-8-16-10-7-9(3-4-11(10)17(8)2)12(14)13(15)5-6-13/h3-4,7,12H,5-6,14-15H2,1-2H3. The number of fused-ring (bicyclic) bond motifs is 1. The van der Waals surface area contributed by atoms with Crippen LogP contribution in [-0.2, 0) is 7.05 Å². The normalized spacial score (nSPS) is 19.5. The van der Waals surface area contributed by atoms with Crippen LogP contribution in [-0.4, -0.2) is 15.1 Å². The molecule has 4 N–H and O–H groups in total. The highest BCUT2D eigenvalue weighted by atomic mass is 15.0. The van der Waals surface area contributed by atoms with Crippen molar-refractivity contribution in [3.8, 4) is 0 Å². The van der Waals surface area contributed by atoms with Crippen molar-refractivity contribution in [2.45, 2.75) is 31.3 Å². The molecular formula is C13H18N4. The van der Waals surface area contributed by atoms with E-state index in [1.807, 2.05) is 14.0 Å². The van der Waals surface area contributed by atoms with Gasteiger partial charge in [0.1, 0.15) is 5.82 Å². The SMILES string of the molecule is Cc1nc2cc(C(N)C3(N)CC3)ccc2n1C. The fourth-order valence-electron chi connectivity index (χ4n) is 2.32. The number of nitrogens with zero attached hydrogens (tertiary/aromatic N) is 2. The first-order valence-electron chi connectivity index (χ1n) is 5.99. The first-order chi connectivity index (χ1) is 8.01. The first-order valence-corrected chi connectivity index (χ1v) is 5.99. The van der Waals surface area contributed by atoms with E-state index >= 15 is 0 Å². The van der Waals surface area contributed by atoms with E-state index in [1.54, 1.807) is 0 Å². The van der Waals surface area contributed by atoms with Gasteiger partial charge in [0, 0.05) is 18.6 Å². The molecule has 1 aliphatic rings. The molecule has 90 valence electrons. The second-order valence-electron chi connectivity index (χ2n) is 5.18. The lowest BCUT2D eigenvalue weighted by atomic mass is 9.98. The molecule has 4 heteroatoms. The Kier molecular flexibility index (Phi) is 2.09. The van der Waals surface area contributed by atoms with Crippen LogP contribution in [0.2, 0.25) is 0 Å². The first kappa shape index (κ1) is 10.7. The summed E-state index contributed by atoms with van der Waals surface area (Å²) in [6, 6.07) is 6.14. The third-order valence-corrected chi connectivity index (χ3v) is 3.93. The average Bonchev–Trinajstić information content (AvgIpc) is 3.00. The minimum absolute atomic E-state index is 0.0748. The molecule has 1 aromatic heterocycles. The van der Waals surface area contributed by atoms with Crippen LogP contribution in [0.3, 0.4) is 0 Å². The van der Waals surface area contributed by atoms with E-state index in [-0.39, 0.29) is 11.6 Å². The minimum Gasteiger partial charge on any atom is -0.331 e. The zero-order valence-corrected chi connectivity index (χ0v) is 10.3. The maximum absolute atomic E-state index is 6.21. The summed E-state index contributed by atoms with van der Waals surface area (Å²) in [5, 5.41) is 0. The number of aryl methyl sites for hydroxylation is 2. The van der Waals surface area contributed by atoms with Crippen molar-refractivity contribution in [2.24, 2.45) is 18.5 Å². The van der Waals surface area contributed by atoms with E-state index in [2.05, 4.69) is 27.8 Å². The molecule has 0 aliphatic heterocycles. The van der Waals surface area contributed by atoms with Gasteiger partial charge in [-0.1, -0.05) is 6.07 Å². The molecule has 1 heterocycles. The van der Waals surface area contributed by atoms with Crippen molar-refractivity contribution in [1.82, 2.24) is 9.55 Å². The molecule has 2 aromatic rings. The van der Waals surface area contributed by atoms with Crippen molar-refractivity contribution in [1.29, 1.82) is 0 Å². The Morgan fingerprint density at radius 1 is 1.41 bits per heavy atom. The molecule has 0 saturated heterocycles. The average molecular weight is 230 g/mol. The quantitative estimate of drug-likeness (QED) is 0.818. The maximum Gasteiger partial charge on any atom is 0.106 e. The summed E-state index contributed by atoms with van der Waals surface area (Å²) in [7, 11) is 2.02. The van der Waals surface area contributed by atoms with E-state index in [4.69, 9.17) is 11.5 Å². The van der Waals surface area contributed by atoms with E-state index in [0.717, 1.165) is 35.3 Å². The van der Waals surface area contributed by atoms with Gasteiger partial charge in [-0.25, -0.2) is 4.98 Å². The van der Waals surface area contributed by atoms with Gasteiger partial charge in [-0.3, -0.25) is 0 Å². The molecule has 1 saturated carbocycles. The highest BCUT2D eigenvalue weighted by Crippen LogP contribution is 2.42. The molecule has 0 bridgehead atoms. The van der Waals surface area contributed by atoms with E-state index in [9.17, 15) is 0 Å². The summed E-state index contributed by atoms with van der Waals surface area (Å²) in [5.41, 5.74) is 15.4. The molecule has 0 amide bonds. The Morgan fingerprint density at radius 3 is 2.76 bits per heavy atom. The van der Waals surface area contributed by atoms with Crippen LogP contribution in [0.4, 0.5) is 0 Å². The maximum atomic E-state index is 6.21. The van der Waals surface area contributed by atoms with E-state index in [0.29, 0.717) is 0 Å². The minimum atomic E-state index is -0.183. The Labute approximate surface area is 101 Å². The van der Waals surface area contributed by atoms with Gasteiger partial charge in [-0.2, -0.15) is 0 Å². The zero-order chi connectivity index (χ0) is 12.2. The number of benzene rings is 1. The molecule has 1 aliphatic carbocycles. The van der Waals surface area contributed by atoms with Crippen molar-refractivity contribution in [2.75, 3.05) is 0 Å². The van der Waals surface area contributed by atoms with Crippen molar-refractivity contribution >= 4 is 11.0 Å². The molecule has 1 unspecified atom stereocenters. The van der Waals surface area contributed by atoms with Gasteiger partial charge in [-0.05, 0) is 37.5 Å². The lowest BCUT2D eigenvalue weighted by molar-refractivity contribution is 0.536. The lowest BCUT2D eigenvalue weighted by Crippen LogP contribution is -2.36. The largest absolute Gasteiger partial charge is 0.331 e. The van der Waals surface area contributed by atoms with Crippen molar-refractivity contribution < 1.29 is 0 Å². The third kappa shape index (κ3) is 1.56. The summed E-state index contributed by atoms with van der Waals surface area (Å²) in [4.78, 5) is 4.52. The number of rotatable bonds is 2. The van der Waals surface area contributed by atoms with E-state index in [1.165, 1.54) is 0 Å². The van der Waals surface area contributed by atoms with Gasteiger partial charge in [0.2, 0.25) is 0 Å². The number of hydrogen-bond acceptors (Lipinski definition) is 3.